The van der Waals surface area contributed by atoms with Crippen LogP contribution in [0.15, 0.2) is 52.1 Å². The van der Waals surface area contributed by atoms with E-state index in [1.54, 1.807) is 25.3 Å². The van der Waals surface area contributed by atoms with Crippen molar-refractivity contribution in [1.82, 2.24) is 9.97 Å². The highest BCUT2D eigenvalue weighted by Crippen LogP contribution is 2.26. The molecule has 1 N–H and O–H groups in total. The molecule has 0 saturated carbocycles. The van der Waals surface area contributed by atoms with Crippen molar-refractivity contribution in [2.45, 2.75) is 11.4 Å². The van der Waals surface area contributed by atoms with E-state index in [1.807, 2.05) is 18.2 Å². The Morgan fingerprint density at radius 2 is 1.96 bits per heavy atom. The van der Waals surface area contributed by atoms with Crippen LogP contribution in [0.2, 0.25) is 0 Å². The number of ether oxygens (including phenoxy) is 1. The van der Waals surface area contributed by atoms with E-state index < -0.39 is 9.84 Å². The lowest BCUT2D eigenvalue weighted by atomic mass is 10.2. The molecule has 8 heteroatoms. The number of aromatic nitrogens is 2. The molecule has 130 valence electrons. The van der Waals surface area contributed by atoms with E-state index in [4.69, 9.17) is 4.74 Å². The molecule has 0 amide bonds. The highest BCUT2D eigenvalue weighted by Gasteiger charge is 2.12. The average molecular weight is 422 g/mol. The van der Waals surface area contributed by atoms with Gasteiger partial charge in [0.2, 0.25) is 0 Å². The fourth-order valence-corrected chi connectivity index (χ4v) is 3.53. The van der Waals surface area contributed by atoms with Gasteiger partial charge in [-0.3, -0.25) is 0 Å². The molecule has 0 bridgehead atoms. The minimum Gasteiger partial charge on any atom is -0.496 e. The topological polar surface area (TPSA) is 81.2 Å². The first-order chi connectivity index (χ1) is 11.9. The average Bonchev–Trinajstić information content (AvgIpc) is 2.58. The summed E-state index contributed by atoms with van der Waals surface area (Å²) in [7, 11) is -1.69. The van der Waals surface area contributed by atoms with Gasteiger partial charge in [-0.15, -0.1) is 0 Å². The maximum Gasteiger partial charge on any atom is 0.175 e. The fraction of sp³-hybridized carbons (Fsp3) is 0.176. The largest absolute Gasteiger partial charge is 0.496 e. The highest BCUT2D eigenvalue weighted by atomic mass is 79.9. The Balaban J connectivity index is 1.98. The second kappa shape index (κ2) is 6.97. The van der Waals surface area contributed by atoms with Crippen LogP contribution in [-0.4, -0.2) is 31.8 Å². The molecule has 25 heavy (non-hydrogen) atoms. The number of hydrogen-bond acceptors (Lipinski definition) is 6. The molecule has 0 radical (unpaired) electrons. The SMILES string of the molecule is COc1ccc(Br)cc1CNc1ncnc2ccc(S(C)(=O)=O)cc12. The van der Waals surface area contributed by atoms with Gasteiger partial charge in [0.25, 0.3) is 0 Å². The van der Waals surface area contributed by atoms with Crippen molar-refractivity contribution in [1.29, 1.82) is 0 Å². The molecule has 3 rings (SSSR count). The Labute approximate surface area is 154 Å². The minimum absolute atomic E-state index is 0.234. The predicted octanol–water partition coefficient (Wildman–Crippen LogP) is 3.42. The van der Waals surface area contributed by atoms with Gasteiger partial charge in [0.15, 0.2) is 9.84 Å². The lowest BCUT2D eigenvalue weighted by Gasteiger charge is -2.12. The van der Waals surface area contributed by atoms with Crippen LogP contribution in [0.4, 0.5) is 5.82 Å². The number of hydrogen-bond donors (Lipinski definition) is 1. The quantitative estimate of drug-likeness (QED) is 0.679. The third-order valence-corrected chi connectivity index (χ3v) is 5.33. The van der Waals surface area contributed by atoms with E-state index in [0.29, 0.717) is 23.3 Å². The molecule has 0 atom stereocenters. The van der Waals surface area contributed by atoms with Crippen molar-refractivity contribution in [2.75, 3.05) is 18.7 Å². The molecular weight excluding hydrogens is 406 g/mol. The molecule has 1 heterocycles. The number of rotatable bonds is 5. The Bertz CT molecular complexity index is 1040. The number of fused-ring (bicyclic) bond motifs is 1. The van der Waals surface area contributed by atoms with Crippen LogP contribution in [0, 0.1) is 0 Å². The summed E-state index contributed by atoms with van der Waals surface area (Å²) in [4.78, 5) is 8.68. The first kappa shape index (κ1) is 17.6. The molecule has 1 aromatic heterocycles. The van der Waals surface area contributed by atoms with E-state index >= 15 is 0 Å². The summed E-state index contributed by atoms with van der Waals surface area (Å²) in [5, 5.41) is 3.89. The number of benzene rings is 2. The van der Waals surface area contributed by atoms with Gasteiger partial charge in [-0.2, -0.15) is 0 Å². The molecule has 0 saturated heterocycles. The molecule has 3 aromatic rings. The van der Waals surface area contributed by atoms with Crippen LogP contribution in [0.3, 0.4) is 0 Å². The number of anilines is 1. The Morgan fingerprint density at radius 3 is 2.68 bits per heavy atom. The van der Waals surface area contributed by atoms with E-state index in [2.05, 4.69) is 31.2 Å². The Hall–Kier alpha value is -2.19. The zero-order chi connectivity index (χ0) is 18.0. The second-order valence-electron chi connectivity index (χ2n) is 5.48. The summed E-state index contributed by atoms with van der Waals surface area (Å²) >= 11 is 3.45. The van der Waals surface area contributed by atoms with Gasteiger partial charge in [0, 0.05) is 28.2 Å². The van der Waals surface area contributed by atoms with Gasteiger partial charge in [0.1, 0.15) is 17.9 Å². The molecule has 0 unspecified atom stereocenters. The molecule has 0 spiro atoms. The standard InChI is InChI=1S/C17H16BrN3O3S/c1-24-16-6-3-12(18)7-11(16)9-19-17-14-8-13(25(2,22)23)4-5-15(14)20-10-21-17/h3-8,10H,9H2,1-2H3,(H,19,20,21). The van der Waals surface area contributed by atoms with Gasteiger partial charge in [-0.1, -0.05) is 15.9 Å². The number of nitrogens with zero attached hydrogens (tertiary/aromatic N) is 2. The third-order valence-electron chi connectivity index (χ3n) is 3.72. The number of halogens is 1. The number of methoxy groups -OCH3 is 1. The van der Waals surface area contributed by atoms with Crippen LogP contribution >= 0.6 is 15.9 Å². The van der Waals surface area contributed by atoms with E-state index in [9.17, 15) is 8.42 Å². The van der Waals surface area contributed by atoms with Gasteiger partial charge in [-0.05, 0) is 36.4 Å². The number of sulfone groups is 1. The summed E-state index contributed by atoms with van der Waals surface area (Å²) in [5.41, 5.74) is 1.62. The normalized spacial score (nSPS) is 11.5. The molecule has 0 fully saturated rings. The summed E-state index contributed by atoms with van der Waals surface area (Å²) in [6.07, 6.45) is 2.63. The van der Waals surface area contributed by atoms with Gasteiger partial charge < -0.3 is 10.1 Å². The maximum absolute atomic E-state index is 11.8. The zero-order valence-corrected chi connectivity index (χ0v) is 16.1. The fourth-order valence-electron chi connectivity index (χ4n) is 2.47. The first-order valence-corrected chi connectivity index (χ1v) is 10.1. The van der Waals surface area contributed by atoms with Gasteiger partial charge >= 0.3 is 0 Å². The first-order valence-electron chi connectivity index (χ1n) is 7.39. The van der Waals surface area contributed by atoms with Crippen LogP contribution < -0.4 is 10.1 Å². The van der Waals surface area contributed by atoms with Gasteiger partial charge in [-0.25, -0.2) is 18.4 Å². The monoisotopic (exact) mass is 421 g/mol. The van der Waals surface area contributed by atoms with Gasteiger partial charge in [0.05, 0.1) is 17.5 Å². The summed E-state index contributed by atoms with van der Waals surface area (Å²) in [6.45, 7) is 0.470. The van der Waals surface area contributed by atoms with Crippen LogP contribution in [0.5, 0.6) is 5.75 Å². The summed E-state index contributed by atoms with van der Waals surface area (Å²) < 4.78 is 29.9. The van der Waals surface area contributed by atoms with Crippen molar-refractivity contribution >= 4 is 42.5 Å². The Kier molecular flexibility index (Phi) is 4.91. The van der Waals surface area contributed by atoms with Crippen molar-refractivity contribution in [2.24, 2.45) is 0 Å². The number of nitrogens with one attached hydrogen (secondary N) is 1. The van der Waals surface area contributed by atoms with E-state index in [1.165, 1.54) is 12.6 Å². The molecule has 0 aliphatic heterocycles. The minimum atomic E-state index is -3.30. The van der Waals surface area contributed by atoms with Crippen LogP contribution in [-0.2, 0) is 16.4 Å². The zero-order valence-electron chi connectivity index (χ0n) is 13.7. The molecule has 0 aliphatic carbocycles. The van der Waals surface area contributed by atoms with Crippen molar-refractivity contribution in [3.8, 4) is 5.75 Å². The van der Waals surface area contributed by atoms with E-state index in [-0.39, 0.29) is 4.90 Å². The Morgan fingerprint density at radius 1 is 1.16 bits per heavy atom. The highest BCUT2D eigenvalue weighted by molar-refractivity contribution is 9.10. The molecular formula is C17H16BrN3O3S. The molecule has 2 aromatic carbocycles. The van der Waals surface area contributed by atoms with Crippen LogP contribution in [0.25, 0.3) is 10.9 Å². The smallest absolute Gasteiger partial charge is 0.175 e. The predicted molar refractivity (Wildman–Crippen MR) is 101 cm³/mol. The van der Waals surface area contributed by atoms with Crippen molar-refractivity contribution < 1.29 is 13.2 Å². The molecule has 6 nitrogen and oxygen atoms in total. The molecule has 0 aliphatic rings. The maximum atomic E-state index is 11.8. The third kappa shape index (κ3) is 3.91. The van der Waals surface area contributed by atoms with Crippen molar-refractivity contribution in [3.63, 3.8) is 0 Å². The summed E-state index contributed by atoms with van der Waals surface area (Å²) in [5.74, 6) is 1.32. The summed E-state index contributed by atoms with van der Waals surface area (Å²) in [6, 6.07) is 10.5. The van der Waals surface area contributed by atoms with Crippen LogP contribution in [0.1, 0.15) is 5.56 Å². The van der Waals surface area contributed by atoms with Crippen molar-refractivity contribution in [3.05, 3.63) is 52.8 Å². The second-order valence-corrected chi connectivity index (χ2v) is 8.41. The van der Waals surface area contributed by atoms with E-state index in [0.717, 1.165) is 15.8 Å². The lowest BCUT2D eigenvalue weighted by molar-refractivity contribution is 0.410. The lowest BCUT2D eigenvalue weighted by Crippen LogP contribution is -2.05.